The maximum Gasteiger partial charge on any atom is 0.490 e. The van der Waals surface area contributed by atoms with Crippen LogP contribution in [0.3, 0.4) is 0 Å². The molecule has 0 saturated carbocycles. The molecular weight excluding hydrogens is 619 g/mol. The largest absolute Gasteiger partial charge is 0.490 e. The van der Waals surface area contributed by atoms with Gasteiger partial charge in [0.2, 0.25) is 29.5 Å². The van der Waals surface area contributed by atoms with Crippen molar-refractivity contribution in [3.05, 3.63) is 27.2 Å². The van der Waals surface area contributed by atoms with Crippen LogP contribution >= 0.6 is 0 Å². The second-order valence-corrected chi connectivity index (χ2v) is 12.6. The van der Waals surface area contributed by atoms with Crippen LogP contribution in [0.15, 0.2) is 22.0 Å². The molecule has 0 aromatic carbocycles. The van der Waals surface area contributed by atoms with Gasteiger partial charge in [-0.15, -0.1) is 12.2 Å². The van der Waals surface area contributed by atoms with Crippen molar-refractivity contribution >= 4 is 41.5 Å². The Balaban J connectivity index is 4.43. The maximum atomic E-state index is 13.4. The van der Waals surface area contributed by atoms with Crippen molar-refractivity contribution < 1.29 is 83.8 Å². The Morgan fingerprint density at radius 1 is 0.737 bits per heavy atom. The lowest BCUT2D eigenvalue weighted by atomic mass is 9.88. The van der Waals surface area contributed by atoms with Gasteiger partial charge in [-0.25, -0.2) is 25.3 Å². The molecule has 220 valence electrons. The van der Waals surface area contributed by atoms with Gasteiger partial charge in [0.1, 0.15) is 5.92 Å². The average Bonchev–Trinajstić information content (AvgIpc) is 2.71. The van der Waals surface area contributed by atoms with E-state index in [2.05, 4.69) is 9.47 Å². The number of rotatable bonds is 8. The summed E-state index contributed by atoms with van der Waals surface area (Å²) in [6.07, 6.45) is -1.89. The standard InChI is InChI=1S/C16H14F9O10S3/c1-3-34-12(26)11(13(27)35-4-2)10-8(37(30,31)15(20,21)22)5-7(36(28,29)14(17,18)19)6-9(10)38(32,33)16(23,24)25/h5-6,10-11H,3-4H2,1-2H3/q-1. The maximum absolute atomic E-state index is 13.4. The third kappa shape index (κ3) is 6.05. The zero-order chi connectivity index (χ0) is 30.3. The molecule has 0 saturated heterocycles. The molecule has 10 nitrogen and oxygen atoms in total. The topological polar surface area (TPSA) is 155 Å². The number of esters is 2. The van der Waals surface area contributed by atoms with Gasteiger partial charge in [-0.05, 0) is 34.8 Å². The smallest absolute Gasteiger partial charge is 0.465 e. The molecule has 0 fully saturated rings. The summed E-state index contributed by atoms with van der Waals surface area (Å²) in [7, 11) is -21.5. The van der Waals surface area contributed by atoms with Crippen LogP contribution in [0.1, 0.15) is 13.8 Å². The van der Waals surface area contributed by atoms with Crippen molar-refractivity contribution in [2.45, 2.75) is 30.4 Å². The van der Waals surface area contributed by atoms with E-state index in [0.717, 1.165) is 13.8 Å². The van der Waals surface area contributed by atoms with Gasteiger partial charge in [0.25, 0.3) is 0 Å². The number of sulfone groups is 3. The number of allylic oxidation sites excluding steroid dienone is 2. The summed E-state index contributed by atoms with van der Waals surface area (Å²) in [5, 5.41) is -2.68. The fourth-order valence-electron chi connectivity index (χ4n) is 2.85. The predicted molar refractivity (Wildman–Crippen MR) is 105 cm³/mol. The van der Waals surface area contributed by atoms with Crippen LogP contribution in [0.5, 0.6) is 0 Å². The molecule has 0 amide bonds. The Morgan fingerprint density at radius 2 is 1.05 bits per heavy atom. The molecule has 0 radical (unpaired) electrons. The van der Waals surface area contributed by atoms with Gasteiger partial charge in [0, 0.05) is 0 Å². The summed E-state index contributed by atoms with van der Waals surface area (Å²) in [6.45, 7) is 0.402. The Hall–Kier alpha value is -2.49. The monoisotopic (exact) mass is 633 g/mol. The van der Waals surface area contributed by atoms with Crippen molar-refractivity contribution in [1.29, 1.82) is 0 Å². The Bertz CT molecular complexity index is 1260. The molecule has 0 bridgehead atoms. The number of carbonyl (C=O) groups excluding carboxylic acids is 2. The lowest BCUT2D eigenvalue weighted by Gasteiger charge is -2.39. The minimum absolute atomic E-state index is 0.780. The average molecular weight is 633 g/mol. The third-order valence-electron chi connectivity index (χ3n) is 4.44. The zero-order valence-electron chi connectivity index (χ0n) is 18.4. The summed E-state index contributed by atoms with van der Waals surface area (Å²) in [4.78, 5) is 19.2. The highest BCUT2D eigenvalue weighted by Crippen LogP contribution is 2.50. The lowest BCUT2D eigenvalue weighted by molar-refractivity contribution is -0.163. The predicted octanol–water partition coefficient (Wildman–Crippen LogP) is 2.46. The molecule has 0 aliphatic heterocycles. The molecule has 22 heteroatoms. The van der Waals surface area contributed by atoms with Crippen molar-refractivity contribution in [2.24, 2.45) is 11.8 Å². The molecule has 1 rings (SSSR count). The van der Waals surface area contributed by atoms with Crippen LogP contribution in [-0.4, -0.2) is 66.9 Å². The van der Waals surface area contributed by atoms with E-state index in [1.165, 1.54) is 0 Å². The highest BCUT2D eigenvalue weighted by Gasteiger charge is 2.58. The lowest BCUT2D eigenvalue weighted by Crippen LogP contribution is -2.45. The number of ether oxygens (including phenoxy) is 2. The van der Waals surface area contributed by atoms with Gasteiger partial charge in [-0.1, -0.05) is 0 Å². The van der Waals surface area contributed by atoms with E-state index < -0.39 is 110 Å². The molecule has 0 N–H and O–H groups in total. The van der Waals surface area contributed by atoms with Gasteiger partial charge in [-0.3, -0.25) is 9.59 Å². The minimum atomic E-state index is -7.25. The van der Waals surface area contributed by atoms with Crippen LogP contribution in [0, 0.1) is 17.1 Å². The Labute approximate surface area is 208 Å². The number of hydrogen-bond acceptors (Lipinski definition) is 10. The molecule has 1 aliphatic rings. The van der Waals surface area contributed by atoms with Gasteiger partial charge in [0.05, 0.1) is 13.2 Å². The number of hydrogen-bond donors (Lipinski definition) is 0. The number of carbonyl (C=O) groups is 2. The number of alkyl halides is 9. The van der Waals surface area contributed by atoms with Crippen LogP contribution in [0.25, 0.3) is 0 Å². The van der Waals surface area contributed by atoms with Crippen LogP contribution in [-0.2, 0) is 48.6 Å². The molecule has 0 unspecified atom stereocenters. The normalized spacial score (nSPS) is 16.7. The van der Waals surface area contributed by atoms with E-state index in [1.54, 1.807) is 0 Å². The molecule has 0 heterocycles. The summed E-state index contributed by atoms with van der Waals surface area (Å²) in [6, 6.07) is 0. The Morgan fingerprint density at radius 3 is 1.29 bits per heavy atom. The molecule has 0 atom stereocenters. The summed E-state index contributed by atoms with van der Waals surface area (Å²) in [5.74, 6) is -11.3. The van der Waals surface area contributed by atoms with E-state index >= 15 is 0 Å². The van der Waals surface area contributed by atoms with Gasteiger partial charge in [-0.2, -0.15) is 39.5 Å². The fraction of sp³-hybridized carbons (Fsp3) is 0.562. The SMILES string of the molecule is CCOC(=O)C(C(=O)OCC)C1C(S(=O)(=O)C(F)(F)F)=C[C-](S(=O)(=O)C(F)(F)F)C=C1S(=O)(=O)C(F)(F)F. The van der Waals surface area contributed by atoms with Gasteiger partial charge in [0.15, 0.2) is 0 Å². The van der Waals surface area contributed by atoms with Gasteiger partial charge < -0.3 is 9.47 Å². The minimum Gasteiger partial charge on any atom is -0.465 e. The first-order valence-corrected chi connectivity index (χ1v) is 13.8. The molecule has 0 aromatic rings. The van der Waals surface area contributed by atoms with Crippen molar-refractivity contribution in [2.75, 3.05) is 13.2 Å². The van der Waals surface area contributed by atoms with Crippen LogP contribution in [0.2, 0.25) is 0 Å². The van der Waals surface area contributed by atoms with E-state index in [0.29, 0.717) is 0 Å². The fourth-order valence-corrected chi connectivity index (χ4v) is 6.20. The van der Waals surface area contributed by atoms with E-state index in [4.69, 9.17) is 0 Å². The third-order valence-corrected chi connectivity index (χ3v) is 9.11. The summed E-state index contributed by atoms with van der Waals surface area (Å²) in [5.41, 5.74) is -19.7. The number of halogens is 9. The van der Waals surface area contributed by atoms with Crippen LogP contribution in [0.4, 0.5) is 39.5 Å². The van der Waals surface area contributed by atoms with Gasteiger partial charge >= 0.3 is 28.5 Å². The highest BCUT2D eigenvalue weighted by molar-refractivity contribution is 7.98. The summed E-state index contributed by atoms with van der Waals surface area (Å²) < 4.78 is 201. The second kappa shape index (κ2) is 10.6. The molecular formula is C16H14F9O10S3-. The first-order valence-electron chi connectivity index (χ1n) is 9.38. The van der Waals surface area contributed by atoms with Crippen molar-refractivity contribution in [3.63, 3.8) is 0 Å². The zero-order valence-corrected chi connectivity index (χ0v) is 20.9. The molecule has 1 aliphatic carbocycles. The molecule has 38 heavy (non-hydrogen) atoms. The first-order chi connectivity index (χ1) is 16.8. The highest BCUT2D eigenvalue weighted by atomic mass is 32.2. The van der Waals surface area contributed by atoms with Crippen molar-refractivity contribution in [3.8, 4) is 0 Å². The Kier molecular flexibility index (Phi) is 9.34. The van der Waals surface area contributed by atoms with E-state index in [-0.39, 0.29) is 0 Å². The second-order valence-electron chi connectivity index (χ2n) is 6.80. The van der Waals surface area contributed by atoms with E-state index in [9.17, 15) is 74.4 Å². The first kappa shape index (κ1) is 33.5. The van der Waals surface area contributed by atoms with Crippen molar-refractivity contribution in [1.82, 2.24) is 0 Å². The van der Waals surface area contributed by atoms with E-state index in [1.807, 2.05) is 0 Å². The summed E-state index contributed by atoms with van der Waals surface area (Å²) >= 11 is 0. The van der Waals surface area contributed by atoms with Crippen LogP contribution < -0.4 is 0 Å². The molecule has 0 aromatic heterocycles. The quantitative estimate of drug-likeness (QED) is 0.169. The molecule has 0 spiro atoms.